The molecule has 0 aromatic carbocycles. The quantitative estimate of drug-likeness (QED) is 0.0272. The molecule has 3 unspecified atom stereocenters. The van der Waals surface area contributed by atoms with Gasteiger partial charge in [0, 0.05) is 6.42 Å². The zero-order valence-corrected chi connectivity index (χ0v) is 54.2. The maximum absolute atomic E-state index is 13.0. The first-order valence-corrected chi connectivity index (χ1v) is 36.0. The van der Waals surface area contributed by atoms with Crippen molar-refractivity contribution in [3.05, 3.63) is 48.6 Å². The molecule has 0 rings (SSSR count). The van der Waals surface area contributed by atoms with Gasteiger partial charge in [0.05, 0.1) is 39.9 Å². The summed E-state index contributed by atoms with van der Waals surface area (Å²) in [7, 11) is 1.25. The van der Waals surface area contributed by atoms with Gasteiger partial charge in [-0.15, -0.1) is 0 Å². The van der Waals surface area contributed by atoms with Crippen molar-refractivity contribution in [2.75, 3.05) is 40.9 Å². The molecule has 2 N–H and O–H groups in total. The van der Waals surface area contributed by atoms with Gasteiger partial charge in [-0.2, -0.15) is 0 Å². The molecular formula is C70H135N2O6P. The van der Waals surface area contributed by atoms with Gasteiger partial charge in [0.1, 0.15) is 13.2 Å². The number of allylic oxidation sites excluding steroid dienone is 7. The molecule has 0 fully saturated rings. The first-order chi connectivity index (χ1) is 38.5. The summed E-state index contributed by atoms with van der Waals surface area (Å²) in [6.45, 7) is 4.66. The second-order valence-electron chi connectivity index (χ2n) is 24.9. The monoisotopic (exact) mass is 1130 g/mol. The molecule has 0 radical (unpaired) electrons. The SMILES string of the molecule is CCCCCCCCCC/C=C\CCCCCCCCCCCCCCCCCCCCCCCCCCCC(=O)NC(COP(=O)([O-])OCC[N+](C)(C)C)C(O)/C=C/CC/C=C/CC/C=C/CCCCCCCCCCCC. The van der Waals surface area contributed by atoms with Gasteiger partial charge in [-0.3, -0.25) is 9.36 Å². The largest absolute Gasteiger partial charge is 0.756 e. The Kier molecular flexibility index (Phi) is 59.8. The van der Waals surface area contributed by atoms with Gasteiger partial charge in [0.15, 0.2) is 0 Å². The molecular weight excluding hydrogens is 996 g/mol. The summed E-state index contributed by atoms with van der Waals surface area (Å²) < 4.78 is 23.4. The first kappa shape index (κ1) is 77.5. The fourth-order valence-electron chi connectivity index (χ4n) is 10.4. The average molecular weight is 1130 g/mol. The number of hydrogen-bond donors (Lipinski definition) is 2. The number of aliphatic hydroxyl groups is 1. The maximum Gasteiger partial charge on any atom is 0.268 e. The molecule has 9 heteroatoms. The van der Waals surface area contributed by atoms with E-state index in [9.17, 15) is 19.4 Å². The summed E-state index contributed by atoms with van der Waals surface area (Å²) in [5.41, 5.74) is 0. The molecule has 0 aliphatic rings. The number of rotatable bonds is 64. The molecule has 0 aromatic rings. The van der Waals surface area contributed by atoms with Crippen LogP contribution in [0.15, 0.2) is 48.6 Å². The van der Waals surface area contributed by atoms with Crippen molar-refractivity contribution in [2.45, 2.75) is 353 Å². The zero-order chi connectivity index (χ0) is 57.7. The van der Waals surface area contributed by atoms with Gasteiger partial charge in [0.2, 0.25) is 5.91 Å². The number of unbranched alkanes of at least 4 members (excludes halogenated alkanes) is 45. The lowest BCUT2D eigenvalue weighted by Gasteiger charge is -2.29. The second-order valence-corrected chi connectivity index (χ2v) is 26.3. The normalized spacial score (nSPS) is 14.0. The number of quaternary nitrogens is 1. The predicted molar refractivity (Wildman–Crippen MR) is 344 cm³/mol. The van der Waals surface area contributed by atoms with E-state index in [1.807, 2.05) is 27.2 Å². The lowest BCUT2D eigenvalue weighted by molar-refractivity contribution is -0.870. The van der Waals surface area contributed by atoms with Crippen molar-refractivity contribution in [2.24, 2.45) is 0 Å². The number of nitrogens with zero attached hydrogens (tertiary/aromatic N) is 1. The summed E-state index contributed by atoms with van der Waals surface area (Å²) in [5, 5.41) is 13.9. The number of carbonyl (C=O) groups is 1. The minimum absolute atomic E-state index is 0.00796. The molecule has 0 saturated heterocycles. The predicted octanol–water partition coefficient (Wildman–Crippen LogP) is 21.2. The van der Waals surface area contributed by atoms with Crippen LogP contribution in [0.2, 0.25) is 0 Å². The molecule has 1 amide bonds. The zero-order valence-electron chi connectivity index (χ0n) is 53.3. The highest BCUT2D eigenvalue weighted by atomic mass is 31.2. The van der Waals surface area contributed by atoms with Gasteiger partial charge in [-0.05, 0) is 70.6 Å². The minimum Gasteiger partial charge on any atom is -0.756 e. The van der Waals surface area contributed by atoms with Crippen LogP contribution in [-0.2, 0) is 18.4 Å². The van der Waals surface area contributed by atoms with E-state index < -0.39 is 26.6 Å². The van der Waals surface area contributed by atoms with Crippen molar-refractivity contribution in [3.63, 3.8) is 0 Å². The van der Waals surface area contributed by atoms with Crippen molar-refractivity contribution >= 4 is 13.7 Å². The Labute approximate surface area is 492 Å². The molecule has 0 saturated carbocycles. The van der Waals surface area contributed by atoms with Crippen LogP contribution in [0.25, 0.3) is 0 Å². The van der Waals surface area contributed by atoms with Crippen molar-refractivity contribution < 1.29 is 32.9 Å². The lowest BCUT2D eigenvalue weighted by Crippen LogP contribution is -2.45. The van der Waals surface area contributed by atoms with Crippen LogP contribution in [0.5, 0.6) is 0 Å². The molecule has 0 spiro atoms. The molecule has 3 atom stereocenters. The van der Waals surface area contributed by atoms with Gasteiger partial charge >= 0.3 is 0 Å². The highest BCUT2D eigenvalue weighted by molar-refractivity contribution is 7.45. The molecule has 8 nitrogen and oxygen atoms in total. The summed E-state index contributed by atoms with van der Waals surface area (Å²) in [4.78, 5) is 25.6. The first-order valence-electron chi connectivity index (χ1n) is 34.5. The van der Waals surface area contributed by atoms with E-state index in [0.717, 1.165) is 44.9 Å². The number of likely N-dealkylation sites (N-methyl/N-ethyl adjacent to an activating group) is 1. The molecule has 0 aromatic heterocycles. The number of phosphoric acid groups is 1. The van der Waals surface area contributed by atoms with Crippen LogP contribution in [0.4, 0.5) is 0 Å². The number of phosphoric ester groups is 1. The number of nitrogens with one attached hydrogen (secondary N) is 1. The Morgan fingerprint density at radius 1 is 0.430 bits per heavy atom. The molecule has 0 aliphatic carbocycles. The van der Waals surface area contributed by atoms with Gasteiger partial charge in [-0.25, -0.2) is 0 Å². The summed E-state index contributed by atoms with van der Waals surface area (Å²) in [6, 6.07) is -0.910. The van der Waals surface area contributed by atoms with E-state index in [4.69, 9.17) is 9.05 Å². The average Bonchev–Trinajstić information content (AvgIpc) is 3.42. The van der Waals surface area contributed by atoms with E-state index in [0.29, 0.717) is 17.4 Å². The molecule has 79 heavy (non-hydrogen) atoms. The Morgan fingerprint density at radius 2 is 0.709 bits per heavy atom. The number of hydrogen-bond acceptors (Lipinski definition) is 6. The van der Waals surface area contributed by atoms with E-state index in [1.54, 1.807) is 6.08 Å². The smallest absolute Gasteiger partial charge is 0.268 e. The van der Waals surface area contributed by atoms with Gasteiger partial charge in [-0.1, -0.05) is 313 Å². The van der Waals surface area contributed by atoms with Crippen LogP contribution in [0, 0.1) is 0 Å². The van der Waals surface area contributed by atoms with E-state index >= 15 is 0 Å². The third-order valence-electron chi connectivity index (χ3n) is 15.7. The second kappa shape index (κ2) is 61.0. The van der Waals surface area contributed by atoms with Crippen molar-refractivity contribution in [1.29, 1.82) is 0 Å². The van der Waals surface area contributed by atoms with E-state index in [2.05, 4.69) is 55.6 Å². The number of aliphatic hydroxyl groups excluding tert-OH is 1. The Balaban J connectivity index is 4.00. The fraction of sp³-hybridized carbons (Fsp3) is 0.871. The van der Waals surface area contributed by atoms with E-state index in [1.165, 1.54) is 276 Å². The molecule has 0 bridgehead atoms. The Hall–Kier alpha value is -1.54. The maximum atomic E-state index is 13.0. The van der Waals surface area contributed by atoms with Crippen LogP contribution < -0.4 is 10.2 Å². The van der Waals surface area contributed by atoms with E-state index in [-0.39, 0.29) is 12.5 Å². The van der Waals surface area contributed by atoms with Crippen LogP contribution in [0.3, 0.4) is 0 Å². The lowest BCUT2D eigenvalue weighted by atomic mass is 10.0. The molecule has 0 heterocycles. The van der Waals surface area contributed by atoms with Crippen molar-refractivity contribution in [1.82, 2.24) is 5.32 Å². The summed E-state index contributed by atoms with van der Waals surface area (Å²) in [5.74, 6) is -0.205. The minimum atomic E-state index is -4.61. The topological polar surface area (TPSA) is 108 Å². The Morgan fingerprint density at radius 3 is 1.03 bits per heavy atom. The standard InChI is InChI=1S/C70H135N2O6P/c1-6-8-10-12-14-16-18-20-22-24-26-28-29-30-31-32-33-34-35-36-37-38-39-40-41-42-43-44-46-48-50-52-54-56-58-60-62-64-70(74)71-68(67-78-79(75,76)77-66-65-72(3,4)5)69(73)63-61-59-57-55-53-51-49-47-45-27-25-23-21-19-17-15-13-11-9-7-2/h24,26,45,47,53,55,61,63,68-69,73H,6-23,25,27-44,46,48-52,54,56-60,62,64-67H2,1-5H3,(H-,71,74,75,76)/b26-24-,47-45+,55-53+,63-61+. The van der Waals surface area contributed by atoms with Crippen LogP contribution in [0.1, 0.15) is 341 Å². The van der Waals surface area contributed by atoms with Crippen molar-refractivity contribution in [3.8, 4) is 0 Å². The number of carbonyl (C=O) groups excluding carboxylic acids is 1. The van der Waals surface area contributed by atoms with Crippen LogP contribution in [-0.4, -0.2) is 68.5 Å². The highest BCUT2D eigenvalue weighted by Crippen LogP contribution is 2.38. The van der Waals surface area contributed by atoms with Gasteiger partial charge in [0.25, 0.3) is 7.82 Å². The van der Waals surface area contributed by atoms with Gasteiger partial charge < -0.3 is 28.8 Å². The summed E-state index contributed by atoms with van der Waals surface area (Å²) >= 11 is 0. The third-order valence-corrected chi connectivity index (χ3v) is 16.7. The third kappa shape index (κ3) is 63.9. The Bertz CT molecular complexity index is 1430. The van der Waals surface area contributed by atoms with Crippen LogP contribution >= 0.6 is 7.82 Å². The highest BCUT2D eigenvalue weighted by Gasteiger charge is 2.23. The fourth-order valence-corrected chi connectivity index (χ4v) is 11.1. The molecule has 466 valence electrons. The molecule has 0 aliphatic heterocycles. The number of amides is 1. The summed E-state index contributed by atoms with van der Waals surface area (Å²) in [6.07, 6.45) is 82.5.